The topological polar surface area (TPSA) is 71.0 Å². The van der Waals surface area contributed by atoms with Crippen LogP contribution in [0.1, 0.15) is 34.5 Å². The number of benzene rings is 1. The van der Waals surface area contributed by atoms with Gasteiger partial charge in [0.05, 0.1) is 10.9 Å². The van der Waals surface area contributed by atoms with Crippen molar-refractivity contribution in [1.29, 1.82) is 0 Å². The Hall–Kier alpha value is -2.89. The van der Waals surface area contributed by atoms with Crippen LogP contribution in [0.4, 0.5) is 5.69 Å². The molecule has 1 atom stereocenters. The number of pyridine rings is 1. The lowest BCUT2D eigenvalue weighted by atomic mass is 10.0. The number of amides is 1. The van der Waals surface area contributed by atoms with Gasteiger partial charge in [0, 0.05) is 30.9 Å². The van der Waals surface area contributed by atoms with E-state index in [-0.39, 0.29) is 17.4 Å². The maximum Gasteiger partial charge on any atom is 0.274 e. The number of nitrogens with zero attached hydrogens (tertiary/aromatic N) is 3. The first-order valence-corrected chi connectivity index (χ1v) is 7.94. The van der Waals surface area contributed by atoms with E-state index in [0.717, 1.165) is 11.3 Å². The minimum atomic E-state index is -0.288. The zero-order chi connectivity index (χ0) is 17.0. The van der Waals surface area contributed by atoms with E-state index >= 15 is 0 Å². The highest BCUT2D eigenvalue weighted by atomic mass is 16.2. The van der Waals surface area contributed by atoms with Crippen molar-refractivity contribution in [1.82, 2.24) is 14.8 Å². The lowest BCUT2D eigenvalue weighted by Crippen LogP contribution is -2.30. The Balaban J connectivity index is 1.90. The number of para-hydroxylation sites is 1. The van der Waals surface area contributed by atoms with Gasteiger partial charge < -0.3 is 4.90 Å². The van der Waals surface area contributed by atoms with Gasteiger partial charge in [-0.2, -0.15) is 0 Å². The number of aromatic amines is 1. The molecule has 1 unspecified atom stereocenters. The van der Waals surface area contributed by atoms with E-state index in [1.807, 2.05) is 25.1 Å². The van der Waals surface area contributed by atoms with Crippen LogP contribution in [0.15, 0.2) is 35.1 Å². The maximum absolute atomic E-state index is 13.2. The van der Waals surface area contributed by atoms with Crippen molar-refractivity contribution in [2.75, 3.05) is 11.4 Å². The van der Waals surface area contributed by atoms with Gasteiger partial charge >= 0.3 is 0 Å². The highest BCUT2D eigenvalue weighted by Crippen LogP contribution is 2.36. The van der Waals surface area contributed by atoms with Crippen molar-refractivity contribution in [3.63, 3.8) is 0 Å². The van der Waals surface area contributed by atoms with Gasteiger partial charge in [-0.1, -0.05) is 25.1 Å². The zero-order valence-corrected chi connectivity index (χ0v) is 13.8. The maximum atomic E-state index is 13.2. The van der Waals surface area contributed by atoms with Gasteiger partial charge in [0.2, 0.25) is 0 Å². The van der Waals surface area contributed by atoms with Crippen LogP contribution >= 0.6 is 0 Å². The summed E-state index contributed by atoms with van der Waals surface area (Å²) in [6.07, 6.45) is 0. The van der Waals surface area contributed by atoms with Crippen molar-refractivity contribution in [3.8, 4) is 0 Å². The number of H-pyrrole nitrogens is 1. The highest BCUT2D eigenvalue weighted by molar-refractivity contribution is 6.14. The van der Waals surface area contributed by atoms with Gasteiger partial charge in [-0.3, -0.25) is 19.4 Å². The third-order valence-electron chi connectivity index (χ3n) is 4.63. The molecule has 0 radical (unpaired) electrons. The molecule has 1 aliphatic heterocycles. The molecule has 2 aromatic heterocycles. The molecule has 1 aromatic carbocycles. The van der Waals surface area contributed by atoms with E-state index in [2.05, 4.69) is 23.1 Å². The number of fused-ring (bicyclic) bond motifs is 2. The average molecular weight is 322 g/mol. The molecule has 122 valence electrons. The summed E-state index contributed by atoms with van der Waals surface area (Å²) in [5.41, 5.74) is 3.41. The third kappa shape index (κ3) is 1.99. The van der Waals surface area contributed by atoms with E-state index in [9.17, 15) is 9.59 Å². The van der Waals surface area contributed by atoms with Crippen molar-refractivity contribution in [2.24, 2.45) is 7.05 Å². The van der Waals surface area contributed by atoms with Crippen LogP contribution in [-0.4, -0.2) is 27.2 Å². The Bertz CT molecular complexity index is 1030. The Morgan fingerprint density at radius 2 is 2.08 bits per heavy atom. The standard InChI is InChI=1S/C18H18N4O2/c1-10-9-22(14-7-5-4-6-12(10)14)18(24)13-8-11(2)19-16-15(13)17(23)20-21(16)3/h4-8,10H,9H2,1-3H3,(H,20,23). The van der Waals surface area contributed by atoms with Crippen LogP contribution in [0.25, 0.3) is 11.0 Å². The number of carbonyl (C=O) groups excluding carboxylic acids is 1. The van der Waals surface area contributed by atoms with Crippen LogP contribution < -0.4 is 10.5 Å². The van der Waals surface area contributed by atoms with Crippen LogP contribution in [0.5, 0.6) is 0 Å². The highest BCUT2D eigenvalue weighted by Gasteiger charge is 2.31. The molecule has 0 fully saturated rings. The molecule has 1 N–H and O–H groups in total. The van der Waals surface area contributed by atoms with Gasteiger partial charge in [-0.25, -0.2) is 4.98 Å². The summed E-state index contributed by atoms with van der Waals surface area (Å²) in [5, 5.41) is 3.04. The molecule has 0 saturated heterocycles. The number of carbonyl (C=O) groups is 1. The predicted molar refractivity (Wildman–Crippen MR) is 92.6 cm³/mol. The first-order chi connectivity index (χ1) is 11.5. The fraction of sp³-hybridized carbons (Fsp3) is 0.278. The predicted octanol–water partition coefficient (Wildman–Crippen LogP) is 2.33. The smallest absolute Gasteiger partial charge is 0.274 e. The van der Waals surface area contributed by atoms with Gasteiger partial charge in [-0.05, 0) is 24.6 Å². The number of aryl methyl sites for hydroxylation is 2. The van der Waals surface area contributed by atoms with Gasteiger partial charge in [0.1, 0.15) is 0 Å². The summed E-state index contributed by atoms with van der Waals surface area (Å²) in [5.74, 6) is 0.122. The fourth-order valence-electron chi connectivity index (χ4n) is 3.51. The zero-order valence-electron chi connectivity index (χ0n) is 13.8. The molecule has 0 bridgehead atoms. The van der Waals surface area contributed by atoms with Crippen LogP contribution in [0.3, 0.4) is 0 Å². The first kappa shape index (κ1) is 14.7. The lowest BCUT2D eigenvalue weighted by molar-refractivity contribution is 0.0989. The molecule has 4 rings (SSSR count). The Morgan fingerprint density at radius 3 is 2.88 bits per heavy atom. The van der Waals surface area contributed by atoms with E-state index in [1.165, 1.54) is 0 Å². The number of nitrogens with one attached hydrogen (secondary N) is 1. The van der Waals surface area contributed by atoms with Crippen LogP contribution in [0.2, 0.25) is 0 Å². The van der Waals surface area contributed by atoms with Gasteiger partial charge in [0.25, 0.3) is 11.5 Å². The second-order valence-corrected chi connectivity index (χ2v) is 6.39. The van der Waals surface area contributed by atoms with Gasteiger partial charge in [0.15, 0.2) is 5.65 Å². The third-order valence-corrected chi connectivity index (χ3v) is 4.63. The van der Waals surface area contributed by atoms with E-state index in [1.54, 1.807) is 22.7 Å². The molecule has 6 heteroatoms. The SMILES string of the molecule is Cc1cc(C(=O)N2CC(C)c3ccccc32)c2c(=O)[nH]n(C)c2n1. The molecule has 24 heavy (non-hydrogen) atoms. The number of rotatable bonds is 1. The number of anilines is 1. The summed E-state index contributed by atoms with van der Waals surface area (Å²) >= 11 is 0. The molecule has 0 saturated carbocycles. The molecule has 0 spiro atoms. The first-order valence-electron chi connectivity index (χ1n) is 7.94. The summed E-state index contributed by atoms with van der Waals surface area (Å²) < 4.78 is 1.56. The van der Waals surface area contributed by atoms with Crippen molar-refractivity contribution >= 4 is 22.6 Å². The van der Waals surface area contributed by atoms with Crippen molar-refractivity contribution < 1.29 is 4.79 Å². The summed E-state index contributed by atoms with van der Waals surface area (Å²) in [7, 11) is 1.72. The second kappa shape index (κ2) is 5.06. The Kier molecular flexibility index (Phi) is 3.09. The number of aromatic nitrogens is 3. The fourth-order valence-corrected chi connectivity index (χ4v) is 3.51. The normalized spacial score (nSPS) is 16.6. The summed E-state index contributed by atoms with van der Waals surface area (Å²) in [6, 6.07) is 9.62. The van der Waals surface area contributed by atoms with Crippen molar-refractivity contribution in [3.05, 3.63) is 57.5 Å². The summed E-state index contributed by atoms with van der Waals surface area (Å²) in [4.78, 5) is 31.6. The number of hydrogen-bond donors (Lipinski definition) is 1. The second-order valence-electron chi connectivity index (χ2n) is 6.39. The number of hydrogen-bond acceptors (Lipinski definition) is 3. The van der Waals surface area contributed by atoms with Crippen molar-refractivity contribution in [2.45, 2.75) is 19.8 Å². The molecule has 6 nitrogen and oxygen atoms in total. The molecule has 1 aliphatic rings. The largest absolute Gasteiger partial charge is 0.307 e. The average Bonchev–Trinajstić information content (AvgIpc) is 3.04. The molecule has 3 aromatic rings. The minimum absolute atomic E-state index is 0.154. The lowest BCUT2D eigenvalue weighted by Gasteiger charge is -2.18. The summed E-state index contributed by atoms with van der Waals surface area (Å²) in [6.45, 7) is 4.55. The van der Waals surface area contributed by atoms with E-state index in [0.29, 0.717) is 28.8 Å². The quantitative estimate of drug-likeness (QED) is 0.747. The van der Waals surface area contributed by atoms with E-state index in [4.69, 9.17) is 0 Å². The Labute approximate surface area is 138 Å². The van der Waals surface area contributed by atoms with Gasteiger partial charge in [-0.15, -0.1) is 0 Å². The monoisotopic (exact) mass is 322 g/mol. The molecule has 1 amide bonds. The molecule has 3 heterocycles. The van der Waals surface area contributed by atoms with Crippen LogP contribution in [-0.2, 0) is 7.05 Å². The molecular formula is C18H18N4O2. The molecular weight excluding hydrogens is 304 g/mol. The Morgan fingerprint density at radius 1 is 1.33 bits per heavy atom. The van der Waals surface area contributed by atoms with E-state index < -0.39 is 0 Å². The molecule has 0 aliphatic carbocycles. The minimum Gasteiger partial charge on any atom is -0.307 e. The van der Waals surface area contributed by atoms with Crippen LogP contribution in [0, 0.1) is 6.92 Å².